The number of aromatic nitrogens is 3. The molecule has 1 N–H and O–H groups in total. The number of benzene rings is 3. The quantitative estimate of drug-likeness (QED) is 0.202. The van der Waals surface area contributed by atoms with Crippen LogP contribution in [0.25, 0.3) is 5.69 Å². The van der Waals surface area contributed by atoms with Crippen molar-refractivity contribution in [3.05, 3.63) is 122 Å². The van der Waals surface area contributed by atoms with Crippen molar-refractivity contribution < 1.29 is 19.1 Å². The first-order chi connectivity index (χ1) is 20.5. The van der Waals surface area contributed by atoms with E-state index in [0.29, 0.717) is 11.3 Å². The summed E-state index contributed by atoms with van der Waals surface area (Å²) >= 11 is 21.2. The monoisotopic (exact) mass is 640 g/mol. The van der Waals surface area contributed by atoms with Gasteiger partial charge >= 0.3 is 11.4 Å². The second-order valence-electron chi connectivity index (χ2n) is 10.7. The topological polar surface area (TPSA) is 107 Å². The fourth-order valence-electron chi connectivity index (χ4n) is 6.55. The van der Waals surface area contributed by atoms with E-state index in [1.807, 2.05) is 0 Å². The van der Waals surface area contributed by atoms with Gasteiger partial charge in [0, 0.05) is 17.4 Å². The summed E-state index contributed by atoms with van der Waals surface area (Å²) in [4.78, 5) is 52.5. The van der Waals surface area contributed by atoms with Crippen LogP contribution in [-0.4, -0.2) is 40.6 Å². The molecule has 3 aromatic carbocycles. The average molecular weight is 642 g/mol. The molecule has 1 saturated carbocycles. The van der Waals surface area contributed by atoms with E-state index in [0.717, 1.165) is 21.6 Å². The van der Waals surface area contributed by atoms with E-state index >= 15 is 0 Å². The van der Waals surface area contributed by atoms with Gasteiger partial charge in [0.05, 0.1) is 24.0 Å². The zero-order valence-electron chi connectivity index (χ0n) is 22.0. The number of phenolic OH excluding ortho intramolecular Hbond substituents is 1. The third-order valence-corrected chi connectivity index (χ3v) is 10.2. The van der Waals surface area contributed by atoms with Crippen molar-refractivity contribution in [2.75, 3.05) is 4.90 Å². The Hall–Kier alpha value is -4.12. The number of hydrogen-bond acceptors (Lipinski definition) is 5. The van der Waals surface area contributed by atoms with Crippen LogP contribution in [0.3, 0.4) is 0 Å². The maximum absolute atomic E-state index is 14.3. The van der Waals surface area contributed by atoms with Crippen molar-refractivity contribution >= 4 is 52.3 Å². The molecule has 4 aromatic rings. The summed E-state index contributed by atoms with van der Waals surface area (Å²) in [5.41, 5.74) is -0.125. The highest BCUT2D eigenvalue weighted by atomic mass is 35.5. The number of fused-ring (bicyclic) bond motifs is 4. The molecule has 3 aliphatic rings. The first-order valence-corrected chi connectivity index (χ1v) is 14.3. The van der Waals surface area contributed by atoms with Crippen molar-refractivity contribution in [2.24, 2.45) is 0 Å². The van der Waals surface area contributed by atoms with E-state index in [9.17, 15) is 28.7 Å². The van der Waals surface area contributed by atoms with Gasteiger partial charge in [-0.3, -0.25) is 9.59 Å². The fourth-order valence-corrected chi connectivity index (χ4v) is 7.75. The number of amides is 2. The summed E-state index contributed by atoms with van der Waals surface area (Å²) in [5.74, 6) is -3.62. The summed E-state index contributed by atoms with van der Waals surface area (Å²) in [6.07, 6.45) is 1.37. The molecule has 1 aromatic heterocycles. The lowest BCUT2D eigenvalue weighted by molar-refractivity contribution is -0.122. The molecule has 9 nitrogen and oxygen atoms in total. The largest absolute Gasteiger partial charge is 0.508 e. The second kappa shape index (κ2) is 9.44. The summed E-state index contributed by atoms with van der Waals surface area (Å²) in [7, 11) is 0. The number of rotatable bonds is 3. The number of phenols is 1. The van der Waals surface area contributed by atoms with Crippen LogP contribution in [0, 0.1) is 5.82 Å². The SMILES string of the molecule is O=C1N(c2ccc(F)cc2)C(=O)[C@@]2(Cl)[C@@H](c3ccc(O)cc3Cl)C3=CCn4c(=O)n(-c5ccccc5)c(=O)n4[C@@H]3C[C@@]12Cl. The van der Waals surface area contributed by atoms with E-state index in [2.05, 4.69) is 0 Å². The van der Waals surface area contributed by atoms with Gasteiger partial charge in [0.15, 0.2) is 9.75 Å². The second-order valence-corrected chi connectivity index (χ2v) is 12.3. The van der Waals surface area contributed by atoms with Gasteiger partial charge in [-0.2, -0.15) is 0 Å². The number of allylic oxidation sites excluding steroid dienone is 2. The molecule has 0 radical (unpaired) electrons. The smallest absolute Gasteiger partial charge is 0.352 e. The number of aromatic hydroxyl groups is 1. The predicted octanol–water partition coefficient (Wildman–Crippen LogP) is 4.50. The highest BCUT2D eigenvalue weighted by molar-refractivity contribution is 6.58. The number of imide groups is 1. The van der Waals surface area contributed by atoms with Crippen molar-refractivity contribution in [1.29, 1.82) is 0 Å². The number of para-hydroxylation sites is 1. The number of halogens is 4. The van der Waals surface area contributed by atoms with Crippen molar-refractivity contribution in [1.82, 2.24) is 13.9 Å². The minimum atomic E-state index is -2.16. The van der Waals surface area contributed by atoms with Gasteiger partial charge in [0.1, 0.15) is 11.6 Å². The molecule has 2 aliphatic heterocycles. The van der Waals surface area contributed by atoms with Gasteiger partial charge in [0.2, 0.25) is 0 Å². The zero-order chi connectivity index (χ0) is 30.4. The maximum Gasteiger partial charge on any atom is 0.352 e. The molecule has 218 valence electrons. The Kier molecular flexibility index (Phi) is 6.08. The minimum Gasteiger partial charge on any atom is -0.508 e. The Labute approximate surface area is 257 Å². The standard InChI is InChI=1S/C30H20Cl3FN4O5/c31-22-14-19(39)10-11-20(22)24-21-12-13-35-27(42)37(17-4-2-1-3-5-17)28(43)38(35)23(21)15-29(32)25(40)36(26(41)30(24,29)33)18-8-6-16(34)7-9-18/h1-12,14,23-24,39H,13,15H2/t23-,24+,29-,30+/m1/s1. The molecule has 43 heavy (non-hydrogen) atoms. The van der Waals surface area contributed by atoms with Gasteiger partial charge in [-0.15, -0.1) is 23.2 Å². The molecular formula is C30H20Cl3FN4O5. The van der Waals surface area contributed by atoms with Crippen LogP contribution in [0.1, 0.15) is 23.9 Å². The van der Waals surface area contributed by atoms with E-state index in [4.69, 9.17) is 34.8 Å². The summed E-state index contributed by atoms with van der Waals surface area (Å²) in [6, 6.07) is 16.2. The third-order valence-electron chi connectivity index (χ3n) is 8.47. The molecular weight excluding hydrogens is 622 g/mol. The van der Waals surface area contributed by atoms with E-state index in [-0.39, 0.29) is 35.0 Å². The summed E-state index contributed by atoms with van der Waals surface area (Å²) in [5, 5.41) is 10.1. The van der Waals surface area contributed by atoms with Crippen molar-refractivity contribution in [3.63, 3.8) is 0 Å². The Bertz CT molecular complexity index is 2000. The molecule has 1 aliphatic carbocycles. The molecule has 4 atom stereocenters. The molecule has 1 saturated heterocycles. The molecule has 3 heterocycles. The van der Waals surface area contributed by atoms with E-state index in [1.54, 1.807) is 36.4 Å². The van der Waals surface area contributed by atoms with Crippen LogP contribution in [-0.2, 0) is 16.1 Å². The number of hydrogen-bond donors (Lipinski definition) is 1. The van der Waals surface area contributed by atoms with Gasteiger partial charge in [-0.1, -0.05) is 41.9 Å². The first-order valence-electron chi connectivity index (χ1n) is 13.2. The zero-order valence-corrected chi connectivity index (χ0v) is 24.2. The molecule has 2 amide bonds. The van der Waals surface area contributed by atoms with Crippen LogP contribution in [0.4, 0.5) is 10.1 Å². The lowest BCUT2D eigenvalue weighted by Crippen LogP contribution is -2.59. The number of nitrogens with zero attached hydrogens (tertiary/aromatic N) is 4. The van der Waals surface area contributed by atoms with Crippen molar-refractivity contribution in [2.45, 2.75) is 34.7 Å². The average Bonchev–Trinajstić information content (AvgIpc) is 3.32. The Morgan fingerprint density at radius 1 is 0.860 bits per heavy atom. The van der Waals surface area contributed by atoms with Crippen LogP contribution < -0.4 is 16.3 Å². The third kappa shape index (κ3) is 3.63. The number of carbonyl (C=O) groups is 2. The number of alkyl halides is 2. The highest BCUT2D eigenvalue weighted by Gasteiger charge is 2.76. The van der Waals surface area contributed by atoms with E-state index in [1.165, 1.54) is 39.7 Å². The number of carbonyl (C=O) groups excluding carboxylic acids is 2. The van der Waals surface area contributed by atoms with Gasteiger partial charge in [-0.25, -0.2) is 32.8 Å². The predicted molar refractivity (Wildman–Crippen MR) is 158 cm³/mol. The van der Waals surface area contributed by atoms with Crippen molar-refractivity contribution in [3.8, 4) is 11.4 Å². The van der Waals surface area contributed by atoms with Crippen LogP contribution in [0.2, 0.25) is 5.02 Å². The van der Waals surface area contributed by atoms with Crippen LogP contribution >= 0.6 is 34.8 Å². The minimum absolute atomic E-state index is 0.0436. The van der Waals surface area contributed by atoms with Gasteiger partial charge < -0.3 is 5.11 Å². The summed E-state index contributed by atoms with van der Waals surface area (Å²) < 4.78 is 17.3. The number of anilines is 1. The Morgan fingerprint density at radius 3 is 2.23 bits per heavy atom. The summed E-state index contributed by atoms with van der Waals surface area (Å²) in [6.45, 7) is -0.0436. The molecule has 2 fully saturated rings. The molecule has 7 rings (SSSR count). The van der Waals surface area contributed by atoms with Crippen LogP contribution in [0.5, 0.6) is 5.75 Å². The molecule has 0 spiro atoms. The molecule has 0 bridgehead atoms. The molecule has 13 heteroatoms. The lowest BCUT2D eigenvalue weighted by Gasteiger charge is -2.49. The van der Waals surface area contributed by atoms with E-state index < -0.39 is 50.7 Å². The fraction of sp³-hybridized carbons (Fsp3) is 0.200. The first kappa shape index (κ1) is 27.7. The highest BCUT2D eigenvalue weighted by Crippen LogP contribution is 2.64. The Balaban J connectivity index is 1.48. The Morgan fingerprint density at radius 2 is 1.56 bits per heavy atom. The normalized spacial score (nSPS) is 26.1. The lowest BCUT2D eigenvalue weighted by atomic mass is 9.64. The maximum atomic E-state index is 14.3. The van der Waals surface area contributed by atoms with Crippen LogP contribution in [0.15, 0.2) is 94.0 Å². The van der Waals surface area contributed by atoms with Gasteiger partial charge in [-0.05, 0) is 59.7 Å². The van der Waals surface area contributed by atoms with Gasteiger partial charge in [0.25, 0.3) is 11.8 Å². The molecule has 0 unspecified atom stereocenters.